The SMILES string of the molecule is CC1(C)[C@@H]2[C@@H](C(=O)O)N(C(=O)Cc3cc(C(F)(F)F)no3)C[C@@H]21. The number of alkyl halides is 3. The van der Waals surface area contributed by atoms with Gasteiger partial charge < -0.3 is 14.5 Å². The van der Waals surface area contributed by atoms with Crippen molar-refractivity contribution in [2.45, 2.75) is 32.5 Å². The third kappa shape index (κ3) is 2.47. The Balaban J connectivity index is 1.72. The smallest absolute Gasteiger partial charge is 0.436 e. The fourth-order valence-corrected chi connectivity index (χ4v) is 3.61. The lowest BCUT2D eigenvalue weighted by atomic mass is 10.0. The van der Waals surface area contributed by atoms with Crippen LogP contribution in [0, 0.1) is 17.3 Å². The molecule has 9 heteroatoms. The lowest BCUT2D eigenvalue weighted by Crippen LogP contribution is -2.45. The molecule has 6 nitrogen and oxygen atoms in total. The number of carboxylic acid groups (broad SMARTS) is 1. The molecule has 1 N–H and O–H groups in total. The molecule has 1 amide bonds. The molecule has 1 saturated heterocycles. The van der Waals surface area contributed by atoms with E-state index in [1.54, 1.807) is 0 Å². The second-order valence-electron chi connectivity index (χ2n) is 6.64. The van der Waals surface area contributed by atoms with E-state index in [4.69, 9.17) is 0 Å². The van der Waals surface area contributed by atoms with Gasteiger partial charge in [-0.2, -0.15) is 13.2 Å². The summed E-state index contributed by atoms with van der Waals surface area (Å²) < 4.78 is 41.9. The number of aliphatic carboxylic acids is 1. The van der Waals surface area contributed by atoms with Gasteiger partial charge in [-0.1, -0.05) is 19.0 Å². The van der Waals surface area contributed by atoms with Crippen LogP contribution in [0.25, 0.3) is 0 Å². The van der Waals surface area contributed by atoms with E-state index in [9.17, 15) is 27.9 Å². The summed E-state index contributed by atoms with van der Waals surface area (Å²) in [6.07, 6.45) is -5.08. The lowest BCUT2D eigenvalue weighted by Gasteiger charge is -2.27. The minimum absolute atomic E-state index is 0.105. The van der Waals surface area contributed by atoms with Crippen molar-refractivity contribution in [3.05, 3.63) is 17.5 Å². The first-order valence-electron chi connectivity index (χ1n) is 7.08. The Hall–Kier alpha value is -2.06. The molecule has 0 bridgehead atoms. The maximum absolute atomic E-state index is 12.5. The quantitative estimate of drug-likeness (QED) is 0.912. The monoisotopic (exact) mass is 332 g/mol. The zero-order chi connectivity index (χ0) is 17.2. The van der Waals surface area contributed by atoms with Crippen LogP contribution in [0.2, 0.25) is 0 Å². The number of carboxylic acids is 1. The predicted octanol–water partition coefficient (Wildman–Crippen LogP) is 1.80. The van der Waals surface area contributed by atoms with Crippen molar-refractivity contribution in [3.8, 4) is 0 Å². The lowest BCUT2D eigenvalue weighted by molar-refractivity contribution is -0.150. The molecule has 2 fully saturated rings. The molecule has 1 aliphatic heterocycles. The van der Waals surface area contributed by atoms with Gasteiger partial charge in [-0.3, -0.25) is 4.79 Å². The summed E-state index contributed by atoms with van der Waals surface area (Å²) in [5, 5.41) is 12.2. The molecule has 3 rings (SSSR count). The van der Waals surface area contributed by atoms with E-state index in [1.165, 1.54) is 4.90 Å². The van der Waals surface area contributed by atoms with Crippen LogP contribution in [0.5, 0.6) is 0 Å². The second-order valence-corrected chi connectivity index (χ2v) is 6.64. The maximum atomic E-state index is 12.5. The summed E-state index contributed by atoms with van der Waals surface area (Å²) in [4.78, 5) is 24.9. The summed E-state index contributed by atoms with van der Waals surface area (Å²) in [5.41, 5.74) is -1.34. The molecular weight excluding hydrogens is 317 g/mol. The highest BCUT2D eigenvalue weighted by Crippen LogP contribution is 2.64. The molecule has 1 aromatic heterocycles. The number of carbonyl (C=O) groups is 2. The number of halogens is 3. The van der Waals surface area contributed by atoms with Crippen LogP contribution in [0.15, 0.2) is 10.6 Å². The molecule has 1 aliphatic carbocycles. The van der Waals surface area contributed by atoms with E-state index in [0.717, 1.165) is 0 Å². The predicted molar refractivity (Wildman–Crippen MR) is 69.1 cm³/mol. The Kier molecular flexibility index (Phi) is 3.24. The van der Waals surface area contributed by atoms with Crippen LogP contribution in [-0.2, 0) is 22.2 Å². The minimum atomic E-state index is -4.65. The first kappa shape index (κ1) is 15.8. The van der Waals surface area contributed by atoms with Crippen LogP contribution in [-0.4, -0.2) is 39.6 Å². The summed E-state index contributed by atoms with van der Waals surface area (Å²) in [6, 6.07) is -0.276. The first-order valence-corrected chi connectivity index (χ1v) is 7.08. The topological polar surface area (TPSA) is 83.6 Å². The van der Waals surface area contributed by atoms with E-state index in [0.29, 0.717) is 12.6 Å². The van der Waals surface area contributed by atoms with Gasteiger partial charge >= 0.3 is 12.1 Å². The van der Waals surface area contributed by atoms with Gasteiger partial charge in [0, 0.05) is 18.5 Å². The Labute approximate surface area is 129 Å². The Bertz CT molecular complexity index is 667. The molecule has 0 radical (unpaired) electrons. The summed E-state index contributed by atoms with van der Waals surface area (Å²) in [6.45, 7) is 4.20. The van der Waals surface area contributed by atoms with Crippen molar-refractivity contribution in [1.82, 2.24) is 10.1 Å². The summed E-state index contributed by atoms with van der Waals surface area (Å²) in [7, 11) is 0. The molecule has 23 heavy (non-hydrogen) atoms. The number of nitrogens with zero attached hydrogens (tertiary/aromatic N) is 2. The van der Waals surface area contributed by atoms with E-state index >= 15 is 0 Å². The summed E-state index contributed by atoms with van der Waals surface area (Å²) >= 11 is 0. The number of aromatic nitrogens is 1. The number of fused-ring (bicyclic) bond motifs is 1. The van der Waals surface area contributed by atoms with Crippen molar-refractivity contribution in [1.29, 1.82) is 0 Å². The number of piperidine rings is 1. The average molecular weight is 332 g/mol. The van der Waals surface area contributed by atoms with Gasteiger partial charge in [-0.05, 0) is 11.3 Å². The van der Waals surface area contributed by atoms with E-state index < -0.39 is 36.2 Å². The molecule has 3 atom stereocenters. The Morgan fingerprint density at radius 2 is 2.13 bits per heavy atom. The third-order valence-corrected chi connectivity index (χ3v) is 4.96. The molecule has 0 aromatic carbocycles. The number of hydrogen-bond donors (Lipinski definition) is 1. The maximum Gasteiger partial charge on any atom is 0.436 e. The van der Waals surface area contributed by atoms with Gasteiger partial charge in [0.05, 0.1) is 6.42 Å². The number of likely N-dealkylation sites (tertiary alicyclic amines) is 1. The molecule has 0 spiro atoms. The number of amides is 1. The zero-order valence-electron chi connectivity index (χ0n) is 12.4. The molecule has 0 unspecified atom stereocenters. The molecular formula is C14H15F3N2O4. The third-order valence-electron chi connectivity index (χ3n) is 4.96. The fourth-order valence-electron chi connectivity index (χ4n) is 3.61. The largest absolute Gasteiger partial charge is 0.480 e. The number of carbonyl (C=O) groups excluding carboxylic acids is 1. The van der Waals surface area contributed by atoms with Crippen LogP contribution in [0.1, 0.15) is 25.3 Å². The van der Waals surface area contributed by atoms with E-state index in [1.807, 2.05) is 13.8 Å². The van der Waals surface area contributed by atoms with Crippen molar-refractivity contribution >= 4 is 11.9 Å². The minimum Gasteiger partial charge on any atom is -0.480 e. The van der Waals surface area contributed by atoms with Crippen LogP contribution in [0.3, 0.4) is 0 Å². The number of rotatable bonds is 3. The first-order chi connectivity index (χ1) is 10.5. The second kappa shape index (κ2) is 4.72. The van der Waals surface area contributed by atoms with Gasteiger partial charge in [0.15, 0.2) is 5.69 Å². The van der Waals surface area contributed by atoms with E-state index in [2.05, 4.69) is 9.68 Å². The van der Waals surface area contributed by atoms with Crippen LogP contribution in [0.4, 0.5) is 13.2 Å². The summed E-state index contributed by atoms with van der Waals surface area (Å²) in [5.74, 6) is -1.90. The molecule has 1 aromatic rings. The molecule has 1 saturated carbocycles. The van der Waals surface area contributed by atoms with Gasteiger partial charge in [0.1, 0.15) is 11.8 Å². The van der Waals surface area contributed by atoms with Crippen LogP contribution >= 0.6 is 0 Å². The van der Waals surface area contributed by atoms with Crippen LogP contribution < -0.4 is 0 Å². The highest BCUT2D eigenvalue weighted by atomic mass is 19.4. The van der Waals surface area contributed by atoms with Gasteiger partial charge in [-0.25, -0.2) is 4.79 Å². The van der Waals surface area contributed by atoms with Crippen molar-refractivity contribution in [2.75, 3.05) is 6.54 Å². The molecule has 2 heterocycles. The Morgan fingerprint density at radius 1 is 1.48 bits per heavy atom. The number of hydrogen-bond acceptors (Lipinski definition) is 4. The fraction of sp³-hybridized carbons (Fsp3) is 0.643. The molecule has 126 valence electrons. The van der Waals surface area contributed by atoms with Crippen molar-refractivity contribution in [2.24, 2.45) is 17.3 Å². The van der Waals surface area contributed by atoms with Gasteiger partial charge in [0.2, 0.25) is 5.91 Å². The normalized spacial score (nSPS) is 28.6. The van der Waals surface area contributed by atoms with Gasteiger partial charge in [-0.15, -0.1) is 0 Å². The van der Waals surface area contributed by atoms with E-state index in [-0.39, 0.29) is 23.0 Å². The zero-order valence-corrected chi connectivity index (χ0v) is 12.4. The molecule has 2 aliphatic rings. The van der Waals surface area contributed by atoms with Gasteiger partial charge in [0.25, 0.3) is 0 Å². The Morgan fingerprint density at radius 3 is 2.65 bits per heavy atom. The highest BCUT2D eigenvalue weighted by Gasteiger charge is 2.69. The standard InChI is InChI=1S/C14H15F3N2O4/c1-13(2)7-5-19(11(10(7)13)12(21)22)9(20)4-6-3-8(18-23-6)14(15,16)17/h3,7,10-11H,4-5H2,1-2H3,(H,21,22)/t7-,10-,11-/m0/s1. The van der Waals surface area contributed by atoms with Crippen molar-refractivity contribution in [3.63, 3.8) is 0 Å². The van der Waals surface area contributed by atoms with Crippen molar-refractivity contribution < 1.29 is 32.4 Å². The average Bonchev–Trinajstić information content (AvgIpc) is 2.85. The highest BCUT2D eigenvalue weighted by molar-refractivity contribution is 5.86.